The zero-order valence-corrected chi connectivity index (χ0v) is 12.4. The Bertz CT molecular complexity index is 723. The second-order valence-corrected chi connectivity index (χ2v) is 4.94. The van der Waals surface area contributed by atoms with Crippen molar-refractivity contribution in [3.8, 4) is 5.75 Å². The summed E-state index contributed by atoms with van der Waals surface area (Å²) in [4.78, 5) is 19.1. The highest BCUT2D eigenvalue weighted by Gasteiger charge is 2.31. The molecule has 0 aliphatic carbocycles. The largest absolute Gasteiger partial charge is 0.497 e. The van der Waals surface area contributed by atoms with E-state index in [-0.39, 0.29) is 5.91 Å². The number of ether oxygens (including phenoxy) is 1. The van der Waals surface area contributed by atoms with Crippen LogP contribution in [0.2, 0.25) is 0 Å². The molecule has 2 aromatic rings. The van der Waals surface area contributed by atoms with Crippen molar-refractivity contribution < 1.29 is 14.4 Å². The number of likely N-dealkylation sites (N-methyl/N-ethyl adjacent to an activating group) is 1. The van der Waals surface area contributed by atoms with E-state index in [2.05, 4.69) is 5.16 Å². The number of para-hydroxylation sites is 1. The lowest BCUT2D eigenvalue weighted by Gasteiger charge is -2.07. The van der Waals surface area contributed by atoms with Crippen molar-refractivity contribution in [2.45, 2.75) is 6.61 Å². The average Bonchev–Trinajstić information content (AvgIpc) is 2.81. The molecule has 0 N–H and O–H groups in total. The molecule has 0 saturated carbocycles. The molecule has 0 spiro atoms. The van der Waals surface area contributed by atoms with Crippen molar-refractivity contribution in [1.29, 1.82) is 0 Å². The number of hydrogen-bond acceptors (Lipinski definition) is 4. The second-order valence-electron chi connectivity index (χ2n) is 4.94. The fraction of sp³-hybridized carbons (Fsp3) is 0.176. The zero-order chi connectivity index (χ0) is 15.5. The van der Waals surface area contributed by atoms with Gasteiger partial charge in [-0.2, -0.15) is 0 Å². The van der Waals surface area contributed by atoms with Crippen LogP contribution in [-0.4, -0.2) is 25.8 Å². The van der Waals surface area contributed by atoms with E-state index in [1.807, 2.05) is 48.5 Å². The van der Waals surface area contributed by atoms with Crippen LogP contribution in [0.4, 0.5) is 5.69 Å². The fourth-order valence-electron chi connectivity index (χ4n) is 2.33. The van der Waals surface area contributed by atoms with Gasteiger partial charge in [-0.05, 0) is 23.8 Å². The summed E-state index contributed by atoms with van der Waals surface area (Å²) in [6, 6.07) is 15.0. The van der Waals surface area contributed by atoms with Gasteiger partial charge in [-0.15, -0.1) is 0 Å². The van der Waals surface area contributed by atoms with E-state index in [9.17, 15) is 4.79 Å². The number of rotatable bonds is 4. The minimum Gasteiger partial charge on any atom is -0.497 e. The summed E-state index contributed by atoms with van der Waals surface area (Å²) in [6.45, 7) is 0.298. The fourth-order valence-corrected chi connectivity index (χ4v) is 2.33. The normalized spacial score (nSPS) is 15.1. The maximum absolute atomic E-state index is 12.2. The Morgan fingerprint density at radius 2 is 1.82 bits per heavy atom. The van der Waals surface area contributed by atoms with Crippen LogP contribution >= 0.6 is 0 Å². The van der Waals surface area contributed by atoms with E-state index < -0.39 is 0 Å². The third kappa shape index (κ3) is 2.53. The van der Waals surface area contributed by atoms with Crippen molar-refractivity contribution >= 4 is 17.3 Å². The molecule has 0 atom stereocenters. The number of carbonyl (C=O) groups is 1. The van der Waals surface area contributed by atoms with Gasteiger partial charge < -0.3 is 14.5 Å². The minimum absolute atomic E-state index is 0.157. The SMILES string of the molecule is COc1ccc(CO/N=C2/C(=O)N(C)c3ccccc32)cc1. The highest BCUT2D eigenvalue weighted by Crippen LogP contribution is 2.27. The minimum atomic E-state index is -0.157. The molecule has 0 unspecified atom stereocenters. The monoisotopic (exact) mass is 296 g/mol. The number of benzene rings is 2. The quantitative estimate of drug-likeness (QED) is 0.815. The van der Waals surface area contributed by atoms with Crippen molar-refractivity contribution in [3.63, 3.8) is 0 Å². The molecule has 5 heteroatoms. The van der Waals surface area contributed by atoms with Gasteiger partial charge in [0, 0.05) is 12.6 Å². The highest BCUT2D eigenvalue weighted by atomic mass is 16.6. The molecule has 1 aliphatic rings. The van der Waals surface area contributed by atoms with Crippen LogP contribution in [0.15, 0.2) is 53.7 Å². The van der Waals surface area contributed by atoms with Crippen LogP contribution in [0, 0.1) is 0 Å². The summed E-state index contributed by atoms with van der Waals surface area (Å²) >= 11 is 0. The molecule has 1 heterocycles. The number of fused-ring (bicyclic) bond motifs is 1. The van der Waals surface area contributed by atoms with Gasteiger partial charge in [-0.3, -0.25) is 4.79 Å². The second kappa shape index (κ2) is 5.89. The molecule has 0 radical (unpaired) electrons. The van der Waals surface area contributed by atoms with Gasteiger partial charge in [0.1, 0.15) is 12.4 Å². The Kier molecular flexibility index (Phi) is 3.78. The van der Waals surface area contributed by atoms with Gasteiger partial charge in [-0.25, -0.2) is 0 Å². The van der Waals surface area contributed by atoms with E-state index in [1.54, 1.807) is 19.1 Å². The third-order valence-electron chi connectivity index (χ3n) is 3.57. The number of anilines is 1. The Morgan fingerprint density at radius 1 is 1.09 bits per heavy atom. The molecule has 112 valence electrons. The van der Waals surface area contributed by atoms with Gasteiger partial charge in [-0.1, -0.05) is 35.5 Å². The predicted molar refractivity (Wildman–Crippen MR) is 84.2 cm³/mol. The summed E-state index contributed by atoms with van der Waals surface area (Å²) in [6.07, 6.45) is 0. The summed E-state index contributed by atoms with van der Waals surface area (Å²) in [5, 5.41) is 4.03. The summed E-state index contributed by atoms with van der Waals surface area (Å²) in [7, 11) is 3.35. The van der Waals surface area contributed by atoms with Crippen LogP contribution < -0.4 is 9.64 Å². The van der Waals surface area contributed by atoms with E-state index >= 15 is 0 Å². The lowest BCUT2D eigenvalue weighted by molar-refractivity contribution is -0.112. The molecule has 0 bridgehead atoms. The molecule has 1 aliphatic heterocycles. The van der Waals surface area contributed by atoms with Crippen LogP contribution in [0.3, 0.4) is 0 Å². The summed E-state index contributed by atoms with van der Waals surface area (Å²) in [5.41, 5.74) is 2.94. The van der Waals surface area contributed by atoms with Crippen LogP contribution in [-0.2, 0) is 16.2 Å². The number of hydrogen-bond donors (Lipinski definition) is 0. The Balaban J connectivity index is 1.74. The Morgan fingerprint density at radius 3 is 2.55 bits per heavy atom. The van der Waals surface area contributed by atoms with Crippen molar-refractivity contribution in [2.24, 2.45) is 5.16 Å². The Hall–Kier alpha value is -2.82. The van der Waals surface area contributed by atoms with Crippen molar-refractivity contribution in [2.75, 3.05) is 19.1 Å². The molecule has 0 fully saturated rings. The van der Waals surface area contributed by atoms with Gasteiger partial charge in [0.2, 0.25) is 0 Å². The molecule has 22 heavy (non-hydrogen) atoms. The molecule has 3 rings (SSSR count). The number of oxime groups is 1. The smallest absolute Gasteiger partial charge is 0.280 e. The van der Waals surface area contributed by atoms with Gasteiger partial charge in [0.25, 0.3) is 5.91 Å². The number of amides is 1. The first-order chi connectivity index (χ1) is 10.7. The molecule has 0 aromatic heterocycles. The Labute approximate surface area is 128 Å². The maximum atomic E-state index is 12.2. The third-order valence-corrected chi connectivity index (χ3v) is 3.57. The molecule has 5 nitrogen and oxygen atoms in total. The van der Waals surface area contributed by atoms with Gasteiger partial charge >= 0.3 is 0 Å². The van der Waals surface area contributed by atoms with Crippen molar-refractivity contribution in [3.05, 3.63) is 59.7 Å². The lowest BCUT2D eigenvalue weighted by Crippen LogP contribution is -2.25. The first kappa shape index (κ1) is 14.1. The van der Waals surface area contributed by atoms with Crippen LogP contribution in [0.5, 0.6) is 5.75 Å². The first-order valence-electron chi connectivity index (χ1n) is 6.91. The summed E-state index contributed by atoms with van der Waals surface area (Å²) in [5.74, 6) is 0.632. The van der Waals surface area contributed by atoms with Gasteiger partial charge in [0.15, 0.2) is 5.71 Å². The van der Waals surface area contributed by atoms with E-state index in [0.717, 1.165) is 22.6 Å². The molecular formula is C17H16N2O3. The van der Waals surface area contributed by atoms with Crippen LogP contribution in [0.25, 0.3) is 0 Å². The van der Waals surface area contributed by atoms with E-state index in [1.165, 1.54) is 0 Å². The number of carbonyl (C=O) groups excluding carboxylic acids is 1. The predicted octanol–water partition coefficient (Wildman–Crippen LogP) is 2.59. The van der Waals surface area contributed by atoms with Gasteiger partial charge in [0.05, 0.1) is 12.8 Å². The molecular weight excluding hydrogens is 280 g/mol. The zero-order valence-electron chi connectivity index (χ0n) is 12.4. The average molecular weight is 296 g/mol. The van der Waals surface area contributed by atoms with E-state index in [0.29, 0.717) is 12.3 Å². The standard InChI is InChI=1S/C17H16N2O3/c1-19-15-6-4-3-5-14(15)16(17(19)20)18-22-11-12-7-9-13(21-2)10-8-12/h3-10H,11H2,1-2H3/b18-16+. The number of methoxy groups -OCH3 is 1. The lowest BCUT2D eigenvalue weighted by atomic mass is 10.1. The number of nitrogens with zero attached hydrogens (tertiary/aromatic N) is 2. The molecule has 2 aromatic carbocycles. The molecule has 0 saturated heterocycles. The molecule has 1 amide bonds. The summed E-state index contributed by atoms with van der Waals surface area (Å²) < 4.78 is 5.10. The maximum Gasteiger partial charge on any atom is 0.280 e. The van der Waals surface area contributed by atoms with Crippen LogP contribution in [0.1, 0.15) is 11.1 Å². The van der Waals surface area contributed by atoms with E-state index in [4.69, 9.17) is 9.57 Å². The first-order valence-corrected chi connectivity index (χ1v) is 6.91. The van der Waals surface area contributed by atoms with Crippen molar-refractivity contribution in [1.82, 2.24) is 0 Å². The highest BCUT2D eigenvalue weighted by molar-refractivity contribution is 6.54. The topological polar surface area (TPSA) is 51.1 Å².